The summed E-state index contributed by atoms with van der Waals surface area (Å²) in [6, 6.07) is 5.27. The average molecular weight is 285 g/mol. The number of oxazole rings is 1. The molecule has 0 saturated carbocycles. The van der Waals surface area contributed by atoms with Gasteiger partial charge in [0.25, 0.3) is 5.91 Å². The third-order valence-electron chi connectivity index (χ3n) is 3.33. The standard InChI is InChI=1S/C15H15N3O3/c1-9-7-16-14(21-9)8-17-15(20)11-2-4-12-10(6-11)3-5-13(19)18-12/h2,4,6-7H,3,5,8H2,1H3,(H,17,20)(H,18,19). The number of carbonyl (C=O) groups excluding carboxylic acids is 2. The quantitative estimate of drug-likeness (QED) is 0.900. The zero-order valence-electron chi connectivity index (χ0n) is 11.6. The molecule has 0 bridgehead atoms. The molecule has 0 unspecified atom stereocenters. The molecule has 2 aromatic rings. The Morgan fingerprint density at radius 1 is 1.43 bits per heavy atom. The molecule has 6 heteroatoms. The number of benzene rings is 1. The number of aromatic nitrogens is 1. The van der Waals surface area contributed by atoms with Crippen LogP contribution in [0.25, 0.3) is 0 Å². The van der Waals surface area contributed by atoms with Gasteiger partial charge in [0.1, 0.15) is 5.76 Å². The zero-order valence-corrected chi connectivity index (χ0v) is 11.6. The van der Waals surface area contributed by atoms with Crippen LogP contribution in [0.4, 0.5) is 5.69 Å². The van der Waals surface area contributed by atoms with Crippen LogP contribution in [0.2, 0.25) is 0 Å². The van der Waals surface area contributed by atoms with Crippen molar-refractivity contribution in [3.8, 4) is 0 Å². The van der Waals surface area contributed by atoms with Gasteiger partial charge in [0.2, 0.25) is 11.8 Å². The molecule has 6 nitrogen and oxygen atoms in total. The first-order valence-corrected chi connectivity index (χ1v) is 6.74. The van der Waals surface area contributed by atoms with Gasteiger partial charge in [0, 0.05) is 17.7 Å². The number of nitrogens with zero attached hydrogens (tertiary/aromatic N) is 1. The number of amides is 2. The molecule has 1 aliphatic heterocycles. The predicted molar refractivity (Wildman–Crippen MR) is 75.8 cm³/mol. The van der Waals surface area contributed by atoms with Crippen LogP contribution in [0.15, 0.2) is 28.8 Å². The highest BCUT2D eigenvalue weighted by atomic mass is 16.4. The lowest BCUT2D eigenvalue weighted by Gasteiger charge is -2.17. The molecule has 0 fully saturated rings. The Hall–Kier alpha value is -2.63. The van der Waals surface area contributed by atoms with Gasteiger partial charge in [-0.1, -0.05) is 0 Å². The molecule has 0 radical (unpaired) electrons. The van der Waals surface area contributed by atoms with Gasteiger partial charge in [-0.2, -0.15) is 0 Å². The summed E-state index contributed by atoms with van der Waals surface area (Å²) in [7, 11) is 0. The number of aryl methyl sites for hydroxylation is 2. The number of rotatable bonds is 3. The van der Waals surface area contributed by atoms with E-state index in [-0.39, 0.29) is 18.4 Å². The van der Waals surface area contributed by atoms with Crippen molar-refractivity contribution in [2.24, 2.45) is 0 Å². The normalized spacial score (nSPS) is 13.5. The molecule has 0 aliphatic carbocycles. The first kappa shape index (κ1) is 13.4. The van der Waals surface area contributed by atoms with Crippen LogP contribution in [-0.4, -0.2) is 16.8 Å². The van der Waals surface area contributed by atoms with Crippen LogP contribution in [0.3, 0.4) is 0 Å². The summed E-state index contributed by atoms with van der Waals surface area (Å²) in [5.74, 6) is 1.01. The number of nitrogens with one attached hydrogen (secondary N) is 2. The fourth-order valence-electron chi connectivity index (χ4n) is 2.27. The molecule has 108 valence electrons. The topological polar surface area (TPSA) is 84.2 Å². The Balaban J connectivity index is 1.69. The predicted octanol–water partition coefficient (Wildman–Crippen LogP) is 1.80. The Labute approximate surface area is 121 Å². The number of carbonyl (C=O) groups is 2. The smallest absolute Gasteiger partial charge is 0.251 e. The maximum absolute atomic E-state index is 12.1. The van der Waals surface area contributed by atoms with E-state index in [1.165, 1.54) is 0 Å². The first-order chi connectivity index (χ1) is 10.1. The number of hydrogen-bond acceptors (Lipinski definition) is 4. The average Bonchev–Trinajstić information content (AvgIpc) is 2.90. The Kier molecular flexibility index (Phi) is 3.43. The van der Waals surface area contributed by atoms with Gasteiger partial charge in [0.15, 0.2) is 0 Å². The summed E-state index contributed by atoms with van der Waals surface area (Å²) in [5.41, 5.74) is 2.33. The van der Waals surface area contributed by atoms with Crippen LogP contribution in [-0.2, 0) is 17.8 Å². The molecule has 2 amide bonds. The SMILES string of the molecule is Cc1cnc(CNC(=O)c2ccc3c(c2)CCC(=O)N3)o1. The van der Waals surface area contributed by atoms with E-state index in [1.807, 2.05) is 6.07 Å². The molecule has 0 saturated heterocycles. The van der Waals surface area contributed by atoms with Crippen LogP contribution < -0.4 is 10.6 Å². The molecule has 2 N–H and O–H groups in total. The van der Waals surface area contributed by atoms with Crippen LogP contribution in [0.5, 0.6) is 0 Å². The zero-order chi connectivity index (χ0) is 14.8. The van der Waals surface area contributed by atoms with E-state index in [4.69, 9.17) is 4.42 Å². The summed E-state index contributed by atoms with van der Waals surface area (Å²) in [6.45, 7) is 2.05. The monoisotopic (exact) mass is 285 g/mol. The summed E-state index contributed by atoms with van der Waals surface area (Å²) < 4.78 is 5.30. The van der Waals surface area contributed by atoms with Crippen molar-refractivity contribution in [1.82, 2.24) is 10.3 Å². The lowest BCUT2D eigenvalue weighted by molar-refractivity contribution is -0.116. The van der Waals surface area contributed by atoms with Gasteiger partial charge in [0.05, 0.1) is 12.7 Å². The van der Waals surface area contributed by atoms with Gasteiger partial charge in [-0.15, -0.1) is 0 Å². The van der Waals surface area contributed by atoms with E-state index in [9.17, 15) is 9.59 Å². The highest BCUT2D eigenvalue weighted by Gasteiger charge is 2.16. The van der Waals surface area contributed by atoms with E-state index >= 15 is 0 Å². The van der Waals surface area contributed by atoms with Gasteiger partial charge in [-0.05, 0) is 37.1 Å². The minimum absolute atomic E-state index is 0.0129. The summed E-state index contributed by atoms with van der Waals surface area (Å²) in [4.78, 5) is 27.4. The second-order valence-electron chi connectivity index (χ2n) is 4.97. The largest absolute Gasteiger partial charge is 0.444 e. The fraction of sp³-hybridized carbons (Fsp3) is 0.267. The first-order valence-electron chi connectivity index (χ1n) is 6.74. The molecular weight excluding hydrogens is 270 g/mol. The molecule has 3 rings (SSSR count). The van der Waals surface area contributed by atoms with E-state index in [0.29, 0.717) is 30.1 Å². The molecule has 2 heterocycles. The van der Waals surface area contributed by atoms with E-state index in [0.717, 1.165) is 11.3 Å². The van der Waals surface area contributed by atoms with Gasteiger partial charge in [-0.25, -0.2) is 4.98 Å². The summed E-state index contributed by atoms with van der Waals surface area (Å²) in [6.07, 6.45) is 2.72. The lowest BCUT2D eigenvalue weighted by Crippen LogP contribution is -2.24. The molecule has 0 atom stereocenters. The molecule has 21 heavy (non-hydrogen) atoms. The minimum atomic E-state index is -0.189. The van der Waals surface area contributed by atoms with Crippen molar-refractivity contribution in [2.75, 3.05) is 5.32 Å². The third-order valence-corrected chi connectivity index (χ3v) is 3.33. The third kappa shape index (κ3) is 2.94. The lowest BCUT2D eigenvalue weighted by atomic mass is 10.00. The highest BCUT2D eigenvalue weighted by Crippen LogP contribution is 2.23. The maximum atomic E-state index is 12.1. The van der Waals surface area contributed by atoms with Gasteiger partial charge < -0.3 is 15.1 Å². The molecular formula is C15H15N3O3. The van der Waals surface area contributed by atoms with Crippen molar-refractivity contribution in [2.45, 2.75) is 26.3 Å². The molecule has 1 aromatic carbocycles. The Morgan fingerprint density at radius 2 is 2.29 bits per heavy atom. The number of fused-ring (bicyclic) bond motifs is 1. The van der Waals surface area contributed by atoms with Crippen LogP contribution >= 0.6 is 0 Å². The second kappa shape index (κ2) is 5.40. The van der Waals surface area contributed by atoms with Crippen molar-refractivity contribution in [1.29, 1.82) is 0 Å². The Morgan fingerprint density at radius 3 is 3.05 bits per heavy atom. The van der Waals surface area contributed by atoms with Crippen molar-refractivity contribution >= 4 is 17.5 Å². The minimum Gasteiger partial charge on any atom is -0.444 e. The summed E-state index contributed by atoms with van der Waals surface area (Å²) in [5, 5.41) is 5.55. The summed E-state index contributed by atoms with van der Waals surface area (Å²) >= 11 is 0. The Bertz CT molecular complexity index is 706. The van der Waals surface area contributed by atoms with Gasteiger partial charge >= 0.3 is 0 Å². The van der Waals surface area contributed by atoms with Crippen LogP contribution in [0, 0.1) is 6.92 Å². The fourth-order valence-corrected chi connectivity index (χ4v) is 2.27. The van der Waals surface area contributed by atoms with Crippen LogP contribution in [0.1, 0.15) is 34.0 Å². The number of anilines is 1. The van der Waals surface area contributed by atoms with Crippen molar-refractivity contribution < 1.29 is 14.0 Å². The van der Waals surface area contributed by atoms with Gasteiger partial charge in [-0.3, -0.25) is 9.59 Å². The number of hydrogen-bond donors (Lipinski definition) is 2. The molecule has 1 aromatic heterocycles. The molecule has 0 spiro atoms. The van der Waals surface area contributed by atoms with E-state index < -0.39 is 0 Å². The molecule has 1 aliphatic rings. The van der Waals surface area contributed by atoms with Crippen molar-refractivity contribution in [3.05, 3.63) is 47.2 Å². The highest BCUT2D eigenvalue weighted by molar-refractivity contribution is 5.97. The maximum Gasteiger partial charge on any atom is 0.251 e. The van der Waals surface area contributed by atoms with E-state index in [2.05, 4.69) is 15.6 Å². The van der Waals surface area contributed by atoms with E-state index in [1.54, 1.807) is 25.3 Å². The van der Waals surface area contributed by atoms with Crippen molar-refractivity contribution in [3.63, 3.8) is 0 Å². The second-order valence-corrected chi connectivity index (χ2v) is 4.97.